The van der Waals surface area contributed by atoms with Crippen LogP contribution in [0.5, 0.6) is 0 Å². The second-order valence-corrected chi connectivity index (χ2v) is 5.68. The number of benzene rings is 1. The van der Waals surface area contributed by atoms with E-state index in [0.29, 0.717) is 16.2 Å². The number of hydrogen-bond acceptors (Lipinski definition) is 5. The summed E-state index contributed by atoms with van der Waals surface area (Å²) in [7, 11) is -2.37. The minimum Gasteiger partial charge on any atom is -0.390 e. The molecule has 2 aromatic rings. The minimum atomic E-state index is -3.61. The van der Waals surface area contributed by atoms with E-state index in [2.05, 4.69) is 5.10 Å². The highest BCUT2D eigenvalue weighted by Gasteiger charge is 2.43. The Morgan fingerprint density at radius 2 is 2.06 bits per heavy atom. The van der Waals surface area contributed by atoms with Gasteiger partial charge in [-0.1, -0.05) is 16.8 Å². The maximum atomic E-state index is 9.93. The molecule has 0 fully saturated rings. The molecule has 0 saturated carbocycles. The van der Waals surface area contributed by atoms with Crippen molar-refractivity contribution >= 4 is 24.2 Å². The van der Waals surface area contributed by atoms with Crippen LogP contribution in [-0.4, -0.2) is 33.7 Å². The van der Waals surface area contributed by atoms with Gasteiger partial charge in [0.05, 0.1) is 12.5 Å². The number of aliphatic hydroxyl groups is 1. The molecule has 0 atom stereocenters. The zero-order valence-electron chi connectivity index (χ0n) is 9.89. The summed E-state index contributed by atoms with van der Waals surface area (Å²) in [6.45, 7) is 0.201. The Kier molecular flexibility index (Phi) is 3.85. The van der Waals surface area contributed by atoms with E-state index >= 15 is 0 Å². The van der Waals surface area contributed by atoms with Crippen molar-refractivity contribution in [1.82, 2.24) is 5.10 Å². The summed E-state index contributed by atoms with van der Waals surface area (Å²) in [4.78, 5) is 19.9. The van der Waals surface area contributed by atoms with Gasteiger partial charge in [-0.2, -0.15) is 14.3 Å². The molecule has 3 N–H and O–H groups in total. The first-order valence-electron chi connectivity index (χ1n) is 5.39. The third kappa shape index (κ3) is 2.48. The average Bonchev–Trinajstić information content (AvgIpc) is 2.38. The summed E-state index contributed by atoms with van der Waals surface area (Å²) in [5, 5.41) is 14.1. The first-order chi connectivity index (χ1) is 8.58. The predicted molar refractivity (Wildman–Crippen MR) is 67.0 cm³/mol. The van der Waals surface area contributed by atoms with Crippen molar-refractivity contribution in [2.75, 3.05) is 13.7 Å². The van der Waals surface area contributed by atoms with Crippen LogP contribution >= 0.6 is 7.94 Å². The summed E-state index contributed by atoms with van der Waals surface area (Å²) in [5.41, 5.74) is 0.618. The van der Waals surface area contributed by atoms with E-state index < -0.39 is 7.94 Å². The summed E-state index contributed by atoms with van der Waals surface area (Å²) >= 11 is 0. The topological polar surface area (TPSA) is 86.7 Å². The van der Waals surface area contributed by atoms with Gasteiger partial charge in [0.15, 0.2) is 6.54 Å². The molecule has 18 heavy (non-hydrogen) atoms. The third-order valence-corrected chi connectivity index (χ3v) is 4.08. The van der Waals surface area contributed by atoms with E-state index in [1.807, 2.05) is 6.07 Å². The lowest BCUT2D eigenvalue weighted by molar-refractivity contribution is -0.751. The first-order valence-corrected chi connectivity index (χ1v) is 7.01. The fourth-order valence-corrected chi connectivity index (χ4v) is 2.69. The fourth-order valence-electron chi connectivity index (χ4n) is 1.70. The van der Waals surface area contributed by atoms with Crippen LogP contribution in [0.1, 0.15) is 0 Å². The molecule has 6 nitrogen and oxygen atoms in total. The minimum absolute atomic E-state index is 0.0786. The van der Waals surface area contributed by atoms with Gasteiger partial charge < -0.3 is 5.11 Å². The number of hydrogen-bond donors (Lipinski definition) is 3. The zero-order valence-corrected chi connectivity index (χ0v) is 10.8. The van der Waals surface area contributed by atoms with Crippen molar-refractivity contribution < 1.29 is 24.1 Å². The smallest absolute Gasteiger partial charge is 0.390 e. The molecule has 0 radical (unpaired) electrons. The summed E-state index contributed by atoms with van der Waals surface area (Å²) < 4.78 is 6.25. The first kappa shape index (κ1) is 13.3. The van der Waals surface area contributed by atoms with Gasteiger partial charge in [-0.05, 0) is 12.1 Å². The van der Waals surface area contributed by atoms with E-state index in [-0.39, 0.29) is 13.2 Å². The lowest BCUT2D eigenvalue weighted by Gasteiger charge is -2.08. The van der Waals surface area contributed by atoms with Gasteiger partial charge in [0.25, 0.3) is 5.30 Å². The summed E-state index contributed by atoms with van der Waals surface area (Å²) in [6, 6.07) is 7.12. The second kappa shape index (κ2) is 5.22. The highest BCUT2D eigenvalue weighted by Crippen LogP contribution is 2.49. The Labute approximate surface area is 105 Å². The van der Waals surface area contributed by atoms with Crippen LogP contribution < -0.4 is 9.99 Å². The molecule has 1 heterocycles. The highest BCUT2D eigenvalue weighted by molar-refractivity contribution is 7.68. The quantitative estimate of drug-likeness (QED) is 0.516. The largest absolute Gasteiger partial charge is 0.450 e. The number of aromatic nitrogens is 2. The number of rotatable bonds is 4. The maximum absolute atomic E-state index is 9.93. The van der Waals surface area contributed by atoms with E-state index in [1.54, 1.807) is 18.2 Å². The van der Waals surface area contributed by atoms with Gasteiger partial charge in [0.2, 0.25) is 6.20 Å². The third-order valence-electron chi connectivity index (χ3n) is 2.58. The van der Waals surface area contributed by atoms with Crippen LogP contribution in [-0.2, 0) is 11.1 Å². The van der Waals surface area contributed by atoms with Crippen LogP contribution in [0.15, 0.2) is 30.5 Å². The van der Waals surface area contributed by atoms with Gasteiger partial charge in [0, 0.05) is 5.10 Å². The molecule has 0 amide bonds. The lowest BCUT2D eigenvalue weighted by Crippen LogP contribution is -2.43. The van der Waals surface area contributed by atoms with Crippen LogP contribution in [0.4, 0.5) is 0 Å². The monoisotopic (exact) mass is 270 g/mol. The van der Waals surface area contributed by atoms with Gasteiger partial charge >= 0.3 is 7.94 Å². The van der Waals surface area contributed by atoms with E-state index in [9.17, 15) is 9.79 Å². The van der Waals surface area contributed by atoms with E-state index in [1.165, 1.54) is 18.0 Å². The Hall–Kier alpha value is -1.17. The van der Waals surface area contributed by atoms with Crippen molar-refractivity contribution in [3.63, 3.8) is 0 Å². The second-order valence-electron chi connectivity index (χ2n) is 3.74. The SMILES string of the molecule is CO[P+](O)(O)c1c[n+](CCO)nc2ccccc12. The highest BCUT2D eigenvalue weighted by atomic mass is 31.2. The van der Waals surface area contributed by atoms with Gasteiger partial charge in [-0.15, -0.1) is 0 Å². The zero-order chi connectivity index (χ0) is 13.2. The molecule has 0 spiro atoms. The fraction of sp³-hybridized carbons (Fsp3) is 0.273. The van der Waals surface area contributed by atoms with Gasteiger partial charge in [-0.3, -0.25) is 0 Å². The molecule has 7 heteroatoms. The standard InChI is InChI=1S/C11H15N2O4P/c1-17-18(15,16)11-8-13(6-7-14)12-10-5-3-2-4-9(10)11/h2-5,8,14-16H,6-7H2,1H3/q+2. The Bertz CT molecular complexity index is 562. The molecule has 1 aromatic carbocycles. The molecule has 0 bridgehead atoms. The van der Waals surface area contributed by atoms with Crippen molar-refractivity contribution in [1.29, 1.82) is 0 Å². The molecule has 2 rings (SSSR count). The number of aliphatic hydroxyl groups excluding tert-OH is 1. The molecular weight excluding hydrogens is 255 g/mol. The molecule has 0 saturated heterocycles. The average molecular weight is 270 g/mol. The molecule has 0 aliphatic carbocycles. The van der Waals surface area contributed by atoms with E-state index in [0.717, 1.165) is 0 Å². The van der Waals surface area contributed by atoms with Crippen LogP contribution in [0.25, 0.3) is 10.9 Å². The van der Waals surface area contributed by atoms with Crippen molar-refractivity contribution in [3.05, 3.63) is 30.5 Å². The molecule has 0 unspecified atom stereocenters. The Morgan fingerprint density at radius 3 is 2.72 bits per heavy atom. The summed E-state index contributed by atoms with van der Waals surface area (Å²) in [5.74, 6) is 0. The number of fused-ring (bicyclic) bond motifs is 1. The summed E-state index contributed by atoms with van der Waals surface area (Å²) in [6.07, 6.45) is 1.50. The number of nitrogens with zero attached hydrogens (tertiary/aromatic N) is 2. The van der Waals surface area contributed by atoms with Gasteiger partial charge in [-0.25, -0.2) is 0 Å². The maximum Gasteiger partial charge on any atom is 0.450 e. The Morgan fingerprint density at radius 1 is 1.33 bits per heavy atom. The molecule has 0 aliphatic rings. The van der Waals surface area contributed by atoms with Crippen LogP contribution in [0, 0.1) is 0 Å². The predicted octanol–water partition coefficient (Wildman–Crippen LogP) is -0.467. The van der Waals surface area contributed by atoms with E-state index in [4.69, 9.17) is 9.63 Å². The van der Waals surface area contributed by atoms with Crippen molar-refractivity contribution in [3.8, 4) is 0 Å². The van der Waals surface area contributed by atoms with Crippen molar-refractivity contribution in [2.45, 2.75) is 6.54 Å². The Balaban J connectivity index is 2.68. The van der Waals surface area contributed by atoms with Crippen molar-refractivity contribution in [2.24, 2.45) is 0 Å². The van der Waals surface area contributed by atoms with Gasteiger partial charge in [0.1, 0.15) is 12.1 Å². The molecule has 0 aliphatic heterocycles. The van der Waals surface area contributed by atoms with Crippen LogP contribution in [0.2, 0.25) is 0 Å². The molecule has 1 aromatic heterocycles. The molecular formula is C11H15N2O4P+2. The van der Waals surface area contributed by atoms with Crippen LogP contribution in [0.3, 0.4) is 0 Å². The molecule has 96 valence electrons. The normalized spacial score (nSPS) is 12.0. The lowest BCUT2D eigenvalue weighted by atomic mass is 10.2.